The quantitative estimate of drug-likeness (QED) is 0.541. The topological polar surface area (TPSA) is 117 Å². The molecule has 1 amide bonds. The Hall–Kier alpha value is -3.53. The normalized spacial score (nSPS) is 11.8. The smallest absolute Gasteiger partial charge is 0.348 e. The summed E-state index contributed by atoms with van der Waals surface area (Å²) in [5, 5.41) is 3.01. The Labute approximate surface area is 188 Å². The van der Waals surface area contributed by atoms with Crippen molar-refractivity contribution in [2.75, 3.05) is 18.5 Å². The molecule has 0 aliphatic rings. The van der Waals surface area contributed by atoms with E-state index < -0.39 is 29.4 Å². The predicted octanol–water partition coefficient (Wildman–Crippen LogP) is 3.32. The van der Waals surface area contributed by atoms with E-state index in [-0.39, 0.29) is 13.2 Å². The van der Waals surface area contributed by atoms with E-state index in [2.05, 4.69) is 10.3 Å². The summed E-state index contributed by atoms with van der Waals surface area (Å²) in [7, 11) is 0. The van der Waals surface area contributed by atoms with Gasteiger partial charge in [-0.3, -0.25) is 14.2 Å². The zero-order valence-electron chi connectivity index (χ0n) is 18.1. The van der Waals surface area contributed by atoms with Gasteiger partial charge in [-0.1, -0.05) is 0 Å². The van der Waals surface area contributed by atoms with E-state index in [4.69, 9.17) is 9.47 Å². The summed E-state index contributed by atoms with van der Waals surface area (Å²) < 4.78 is 11.2. The predicted molar refractivity (Wildman–Crippen MR) is 120 cm³/mol. The number of nitrogens with one attached hydrogen (secondary N) is 1. The first kappa shape index (κ1) is 23.1. The molecule has 0 saturated heterocycles. The second-order valence-electron chi connectivity index (χ2n) is 6.88. The number of thiophene rings is 1. The fraction of sp³-hybridized carbons (Fsp3) is 0.318. The van der Waals surface area contributed by atoms with Crippen LogP contribution in [0.25, 0.3) is 10.2 Å². The fourth-order valence-corrected chi connectivity index (χ4v) is 4.11. The molecule has 0 aliphatic heterocycles. The molecule has 1 aromatic carbocycles. The highest BCUT2D eigenvalue weighted by Crippen LogP contribution is 2.28. The molecule has 0 spiro atoms. The van der Waals surface area contributed by atoms with Gasteiger partial charge in [-0.05, 0) is 57.5 Å². The lowest BCUT2D eigenvalue weighted by molar-refractivity contribution is -0.118. The second kappa shape index (κ2) is 9.73. The number of nitrogens with zero attached hydrogens (tertiary/aromatic N) is 2. The van der Waals surface area contributed by atoms with E-state index in [0.717, 1.165) is 11.3 Å². The Morgan fingerprint density at radius 3 is 2.34 bits per heavy atom. The largest absolute Gasteiger partial charge is 0.462 e. The third-order valence-corrected chi connectivity index (χ3v) is 5.98. The molecular formula is C22H23N3O6S. The molecule has 1 atom stereocenters. The fourth-order valence-electron chi connectivity index (χ4n) is 3.08. The van der Waals surface area contributed by atoms with Crippen LogP contribution in [0.4, 0.5) is 5.69 Å². The van der Waals surface area contributed by atoms with Crippen LogP contribution >= 0.6 is 11.3 Å². The Morgan fingerprint density at radius 2 is 1.72 bits per heavy atom. The molecule has 2 heterocycles. The van der Waals surface area contributed by atoms with Crippen LogP contribution in [0.15, 0.2) is 35.4 Å². The Balaban J connectivity index is 1.83. The van der Waals surface area contributed by atoms with Crippen molar-refractivity contribution in [2.24, 2.45) is 0 Å². The van der Waals surface area contributed by atoms with E-state index in [1.807, 2.05) is 0 Å². The molecule has 0 radical (unpaired) electrons. The highest BCUT2D eigenvalue weighted by molar-refractivity contribution is 7.20. The summed E-state index contributed by atoms with van der Waals surface area (Å²) in [4.78, 5) is 54.7. The van der Waals surface area contributed by atoms with Crippen LogP contribution in [-0.2, 0) is 14.3 Å². The van der Waals surface area contributed by atoms with Gasteiger partial charge in [0.05, 0.1) is 30.5 Å². The minimum atomic E-state index is -0.866. The van der Waals surface area contributed by atoms with Crippen molar-refractivity contribution in [3.8, 4) is 0 Å². The first-order valence-electron chi connectivity index (χ1n) is 10.0. The maximum atomic E-state index is 13.1. The maximum absolute atomic E-state index is 13.1. The van der Waals surface area contributed by atoms with Crippen LogP contribution in [0.1, 0.15) is 52.4 Å². The van der Waals surface area contributed by atoms with Gasteiger partial charge >= 0.3 is 11.9 Å². The van der Waals surface area contributed by atoms with Gasteiger partial charge in [0.15, 0.2) is 0 Å². The Kier molecular flexibility index (Phi) is 7.04. The molecule has 1 unspecified atom stereocenters. The maximum Gasteiger partial charge on any atom is 0.348 e. The molecule has 2 aromatic heterocycles. The average Bonchev–Trinajstić information content (AvgIpc) is 3.11. The van der Waals surface area contributed by atoms with Crippen molar-refractivity contribution in [2.45, 2.75) is 33.7 Å². The number of carbonyl (C=O) groups is 3. The van der Waals surface area contributed by atoms with E-state index in [1.165, 1.54) is 10.9 Å². The zero-order chi connectivity index (χ0) is 23.4. The number of hydrogen-bond donors (Lipinski definition) is 1. The molecule has 3 rings (SSSR count). The first-order valence-corrected chi connectivity index (χ1v) is 10.9. The van der Waals surface area contributed by atoms with Gasteiger partial charge < -0.3 is 14.8 Å². The van der Waals surface area contributed by atoms with Crippen molar-refractivity contribution in [3.05, 3.63) is 57.0 Å². The first-order chi connectivity index (χ1) is 15.3. The van der Waals surface area contributed by atoms with Crippen LogP contribution in [0.3, 0.4) is 0 Å². The van der Waals surface area contributed by atoms with Gasteiger partial charge in [-0.2, -0.15) is 0 Å². The number of hydrogen-bond acceptors (Lipinski definition) is 8. The number of aromatic nitrogens is 2. The molecule has 0 saturated carbocycles. The van der Waals surface area contributed by atoms with Crippen molar-refractivity contribution >= 4 is 45.1 Å². The number of amides is 1. The summed E-state index contributed by atoms with van der Waals surface area (Å²) in [6, 6.07) is 5.38. The number of benzene rings is 1. The number of esters is 2. The summed E-state index contributed by atoms with van der Waals surface area (Å²) in [5.74, 6) is -1.38. The standard InChI is InChI=1S/C22H23N3O6S/c1-5-30-21(28)14-7-9-15(10-8-14)24-18(26)13(4)25-11-23-19-16(20(25)27)12(3)17(32-19)22(29)31-6-2/h7-11,13H,5-6H2,1-4H3,(H,24,26). The van der Waals surface area contributed by atoms with Gasteiger partial charge in [-0.15, -0.1) is 11.3 Å². The number of rotatable bonds is 7. The number of ether oxygens (including phenoxy) is 2. The average molecular weight is 458 g/mol. The van der Waals surface area contributed by atoms with Crippen molar-refractivity contribution < 1.29 is 23.9 Å². The minimum absolute atomic E-state index is 0.224. The van der Waals surface area contributed by atoms with Crippen LogP contribution in [0, 0.1) is 6.92 Å². The lowest BCUT2D eigenvalue weighted by Crippen LogP contribution is -2.31. The zero-order valence-corrected chi connectivity index (χ0v) is 18.9. The van der Waals surface area contributed by atoms with E-state index in [0.29, 0.717) is 31.9 Å². The Bertz CT molecular complexity index is 1230. The monoisotopic (exact) mass is 457 g/mol. The summed E-state index contributed by atoms with van der Waals surface area (Å²) in [5.41, 5.74) is 0.902. The molecule has 9 nitrogen and oxygen atoms in total. The molecule has 3 aromatic rings. The molecular weight excluding hydrogens is 434 g/mol. The number of aryl methyl sites for hydroxylation is 1. The third-order valence-electron chi connectivity index (χ3n) is 4.80. The number of anilines is 1. The van der Waals surface area contributed by atoms with Crippen LogP contribution in [-0.4, -0.2) is 40.6 Å². The van der Waals surface area contributed by atoms with Gasteiger partial charge in [0, 0.05) is 5.69 Å². The molecule has 1 N–H and O–H groups in total. The highest BCUT2D eigenvalue weighted by Gasteiger charge is 2.23. The van der Waals surface area contributed by atoms with Gasteiger partial charge in [-0.25, -0.2) is 14.6 Å². The molecule has 0 bridgehead atoms. The molecule has 0 aliphatic carbocycles. The van der Waals surface area contributed by atoms with Crippen LogP contribution in [0.2, 0.25) is 0 Å². The number of carbonyl (C=O) groups excluding carboxylic acids is 3. The van der Waals surface area contributed by atoms with Gasteiger partial charge in [0.1, 0.15) is 15.7 Å². The van der Waals surface area contributed by atoms with E-state index >= 15 is 0 Å². The van der Waals surface area contributed by atoms with Gasteiger partial charge in [0.2, 0.25) is 5.91 Å². The van der Waals surface area contributed by atoms with Crippen molar-refractivity contribution in [1.29, 1.82) is 0 Å². The van der Waals surface area contributed by atoms with Gasteiger partial charge in [0.25, 0.3) is 5.56 Å². The lowest BCUT2D eigenvalue weighted by atomic mass is 10.2. The third kappa shape index (κ3) is 4.54. The van der Waals surface area contributed by atoms with Crippen LogP contribution in [0.5, 0.6) is 0 Å². The van der Waals surface area contributed by atoms with E-state index in [1.54, 1.807) is 52.0 Å². The lowest BCUT2D eigenvalue weighted by Gasteiger charge is -2.15. The van der Waals surface area contributed by atoms with Crippen molar-refractivity contribution in [3.63, 3.8) is 0 Å². The molecule has 168 valence electrons. The number of fused-ring (bicyclic) bond motifs is 1. The second-order valence-corrected chi connectivity index (χ2v) is 7.88. The highest BCUT2D eigenvalue weighted by atomic mass is 32.1. The van der Waals surface area contributed by atoms with Crippen molar-refractivity contribution in [1.82, 2.24) is 9.55 Å². The summed E-state index contributed by atoms with van der Waals surface area (Å²) in [6.07, 6.45) is 1.30. The summed E-state index contributed by atoms with van der Waals surface area (Å²) in [6.45, 7) is 7.16. The Morgan fingerprint density at radius 1 is 1.09 bits per heavy atom. The minimum Gasteiger partial charge on any atom is -0.462 e. The van der Waals surface area contributed by atoms with Crippen LogP contribution < -0.4 is 10.9 Å². The molecule has 10 heteroatoms. The summed E-state index contributed by atoms with van der Waals surface area (Å²) >= 11 is 1.09. The molecule has 32 heavy (non-hydrogen) atoms. The molecule has 0 fully saturated rings. The van der Waals surface area contributed by atoms with E-state index in [9.17, 15) is 19.2 Å². The SMILES string of the molecule is CCOC(=O)c1ccc(NC(=O)C(C)n2cnc3sc(C(=O)OCC)c(C)c3c2=O)cc1.